The van der Waals surface area contributed by atoms with E-state index < -0.39 is 11.4 Å². The van der Waals surface area contributed by atoms with Gasteiger partial charge in [-0.2, -0.15) is 0 Å². The number of amides is 1. The number of carboxylic acids is 1. The fraction of sp³-hybridized carbons (Fsp3) is 0.368. The van der Waals surface area contributed by atoms with Crippen molar-refractivity contribution in [1.29, 1.82) is 0 Å². The summed E-state index contributed by atoms with van der Waals surface area (Å²) in [6.07, 6.45) is 1.99. The van der Waals surface area contributed by atoms with Gasteiger partial charge in [0.15, 0.2) is 0 Å². The molecule has 2 N–H and O–H groups in total. The van der Waals surface area contributed by atoms with Crippen LogP contribution in [0.25, 0.3) is 10.8 Å². The predicted molar refractivity (Wildman–Crippen MR) is 91.3 cm³/mol. The number of aryl methyl sites for hydroxylation is 1. The third-order valence-electron chi connectivity index (χ3n) is 3.99. The lowest BCUT2D eigenvalue weighted by Gasteiger charge is -2.19. The lowest BCUT2D eigenvalue weighted by molar-refractivity contribution is -0.146. The van der Waals surface area contributed by atoms with Gasteiger partial charge in [-0.1, -0.05) is 42.5 Å². The van der Waals surface area contributed by atoms with E-state index in [-0.39, 0.29) is 12.5 Å². The van der Waals surface area contributed by atoms with Crippen LogP contribution in [0.2, 0.25) is 0 Å². The van der Waals surface area contributed by atoms with Gasteiger partial charge >= 0.3 is 5.97 Å². The van der Waals surface area contributed by atoms with E-state index in [2.05, 4.69) is 35.6 Å². The van der Waals surface area contributed by atoms with Crippen molar-refractivity contribution in [1.82, 2.24) is 5.32 Å². The molecule has 0 saturated heterocycles. The maximum atomic E-state index is 11.8. The van der Waals surface area contributed by atoms with Crippen molar-refractivity contribution in [3.63, 3.8) is 0 Å². The van der Waals surface area contributed by atoms with Gasteiger partial charge in [-0.3, -0.25) is 9.59 Å². The highest BCUT2D eigenvalue weighted by atomic mass is 16.4. The van der Waals surface area contributed by atoms with Crippen molar-refractivity contribution in [3.05, 3.63) is 48.0 Å². The zero-order valence-corrected chi connectivity index (χ0v) is 13.6. The molecule has 0 radical (unpaired) electrons. The Morgan fingerprint density at radius 2 is 1.78 bits per heavy atom. The van der Waals surface area contributed by atoms with Gasteiger partial charge in [-0.15, -0.1) is 0 Å². The van der Waals surface area contributed by atoms with Gasteiger partial charge in [0.25, 0.3) is 0 Å². The molecule has 0 aliphatic carbocycles. The minimum absolute atomic E-state index is 0.0971. The number of nitrogens with one attached hydrogen (secondary N) is 1. The number of rotatable bonds is 7. The molecule has 0 unspecified atom stereocenters. The van der Waals surface area contributed by atoms with Crippen LogP contribution in [0.4, 0.5) is 0 Å². The highest BCUT2D eigenvalue weighted by Gasteiger charge is 2.27. The second-order valence-electron chi connectivity index (χ2n) is 6.50. The van der Waals surface area contributed by atoms with Crippen LogP contribution in [0.3, 0.4) is 0 Å². The summed E-state index contributed by atoms with van der Waals surface area (Å²) in [5, 5.41) is 14.1. The summed E-state index contributed by atoms with van der Waals surface area (Å²) >= 11 is 0. The Morgan fingerprint density at radius 3 is 2.48 bits per heavy atom. The second-order valence-corrected chi connectivity index (χ2v) is 6.50. The molecule has 0 fully saturated rings. The standard InChI is InChI=1S/C19H23NO3/c1-19(2,18(22)23)13-20-17(21)9-5-6-14-10-11-15-7-3-4-8-16(15)12-14/h3-4,7-8,10-12H,5-6,9,13H2,1-2H3,(H,20,21)(H,22,23). The minimum Gasteiger partial charge on any atom is -0.481 e. The number of carbonyl (C=O) groups is 2. The Kier molecular flexibility index (Phi) is 5.37. The van der Waals surface area contributed by atoms with E-state index in [0.29, 0.717) is 6.42 Å². The van der Waals surface area contributed by atoms with Crippen molar-refractivity contribution >= 4 is 22.6 Å². The van der Waals surface area contributed by atoms with Crippen molar-refractivity contribution in [2.24, 2.45) is 5.41 Å². The van der Waals surface area contributed by atoms with Crippen LogP contribution >= 0.6 is 0 Å². The molecule has 0 bridgehead atoms. The molecule has 0 atom stereocenters. The van der Waals surface area contributed by atoms with Gasteiger partial charge in [-0.05, 0) is 43.0 Å². The SMILES string of the molecule is CC(C)(CNC(=O)CCCc1ccc2ccccc2c1)C(=O)O. The van der Waals surface area contributed by atoms with E-state index in [1.165, 1.54) is 16.3 Å². The molecule has 23 heavy (non-hydrogen) atoms. The first-order valence-electron chi connectivity index (χ1n) is 7.86. The smallest absolute Gasteiger partial charge is 0.310 e. The predicted octanol–water partition coefficient (Wildman–Crippen LogP) is 3.39. The molecule has 0 aliphatic heterocycles. The largest absolute Gasteiger partial charge is 0.481 e. The fourth-order valence-corrected chi connectivity index (χ4v) is 2.33. The summed E-state index contributed by atoms with van der Waals surface area (Å²) in [5.41, 5.74) is 0.274. The third-order valence-corrected chi connectivity index (χ3v) is 3.99. The number of carbonyl (C=O) groups excluding carboxylic acids is 1. The van der Waals surface area contributed by atoms with Crippen LogP contribution in [-0.4, -0.2) is 23.5 Å². The Labute approximate surface area is 136 Å². The number of hydrogen-bond acceptors (Lipinski definition) is 2. The third kappa shape index (κ3) is 4.81. The molecule has 4 nitrogen and oxygen atoms in total. The molecular weight excluding hydrogens is 290 g/mol. The van der Waals surface area contributed by atoms with Crippen molar-refractivity contribution in [3.8, 4) is 0 Å². The molecular formula is C19H23NO3. The van der Waals surface area contributed by atoms with E-state index >= 15 is 0 Å². The molecule has 122 valence electrons. The van der Waals surface area contributed by atoms with E-state index in [0.717, 1.165) is 12.8 Å². The number of aliphatic carboxylic acids is 1. The Balaban J connectivity index is 1.79. The van der Waals surface area contributed by atoms with Crippen molar-refractivity contribution in [2.75, 3.05) is 6.54 Å². The normalized spacial score (nSPS) is 11.4. The quantitative estimate of drug-likeness (QED) is 0.823. The zero-order valence-electron chi connectivity index (χ0n) is 13.6. The highest BCUT2D eigenvalue weighted by molar-refractivity contribution is 5.83. The Morgan fingerprint density at radius 1 is 1.09 bits per heavy atom. The van der Waals surface area contributed by atoms with Gasteiger partial charge in [0.1, 0.15) is 0 Å². The topological polar surface area (TPSA) is 66.4 Å². The Bertz CT molecular complexity index is 707. The summed E-state index contributed by atoms with van der Waals surface area (Å²) in [6.45, 7) is 3.35. The molecule has 0 saturated carbocycles. The average Bonchev–Trinajstić information content (AvgIpc) is 2.53. The van der Waals surface area contributed by atoms with E-state index in [4.69, 9.17) is 5.11 Å². The van der Waals surface area contributed by atoms with Crippen LogP contribution in [0.15, 0.2) is 42.5 Å². The van der Waals surface area contributed by atoms with Gasteiger partial charge < -0.3 is 10.4 Å². The summed E-state index contributed by atoms with van der Waals surface area (Å²) in [6, 6.07) is 14.5. The molecule has 0 aliphatic rings. The average molecular weight is 313 g/mol. The fourth-order valence-electron chi connectivity index (χ4n) is 2.33. The number of fused-ring (bicyclic) bond motifs is 1. The number of carboxylic acid groups (broad SMARTS) is 1. The van der Waals surface area contributed by atoms with Crippen molar-refractivity contribution in [2.45, 2.75) is 33.1 Å². The molecule has 2 aromatic carbocycles. The highest BCUT2D eigenvalue weighted by Crippen LogP contribution is 2.17. The maximum Gasteiger partial charge on any atom is 0.310 e. The molecule has 4 heteroatoms. The Hall–Kier alpha value is -2.36. The van der Waals surface area contributed by atoms with Crippen LogP contribution in [-0.2, 0) is 16.0 Å². The monoisotopic (exact) mass is 313 g/mol. The maximum absolute atomic E-state index is 11.8. The van der Waals surface area contributed by atoms with Gasteiger partial charge in [0.2, 0.25) is 5.91 Å². The van der Waals surface area contributed by atoms with Gasteiger partial charge in [0, 0.05) is 13.0 Å². The minimum atomic E-state index is -0.937. The van der Waals surface area contributed by atoms with Crippen LogP contribution in [0.1, 0.15) is 32.3 Å². The lowest BCUT2D eigenvalue weighted by Crippen LogP contribution is -2.38. The van der Waals surface area contributed by atoms with Crippen LogP contribution < -0.4 is 5.32 Å². The summed E-state index contributed by atoms with van der Waals surface area (Å²) in [4.78, 5) is 22.8. The van der Waals surface area contributed by atoms with Gasteiger partial charge in [0.05, 0.1) is 5.41 Å². The van der Waals surface area contributed by atoms with Gasteiger partial charge in [-0.25, -0.2) is 0 Å². The van der Waals surface area contributed by atoms with Crippen molar-refractivity contribution < 1.29 is 14.7 Å². The van der Waals surface area contributed by atoms with Crippen LogP contribution in [0.5, 0.6) is 0 Å². The summed E-state index contributed by atoms with van der Waals surface area (Å²) < 4.78 is 0. The van der Waals surface area contributed by atoms with E-state index in [1.54, 1.807) is 13.8 Å². The number of hydrogen-bond donors (Lipinski definition) is 2. The molecule has 2 rings (SSSR count). The second kappa shape index (κ2) is 7.27. The molecule has 2 aromatic rings. The lowest BCUT2D eigenvalue weighted by atomic mass is 9.94. The molecule has 0 heterocycles. The molecule has 1 amide bonds. The molecule has 0 aromatic heterocycles. The zero-order chi connectivity index (χ0) is 16.9. The summed E-state index contributed by atoms with van der Waals surface area (Å²) in [5.74, 6) is -1.01. The first-order chi connectivity index (χ1) is 10.9. The molecule has 0 spiro atoms. The number of benzene rings is 2. The van der Waals surface area contributed by atoms with E-state index in [1.807, 2.05) is 12.1 Å². The first-order valence-corrected chi connectivity index (χ1v) is 7.86. The first kappa shape index (κ1) is 17.0. The van der Waals surface area contributed by atoms with Crippen LogP contribution in [0, 0.1) is 5.41 Å². The summed E-state index contributed by atoms with van der Waals surface area (Å²) in [7, 11) is 0. The van der Waals surface area contributed by atoms with E-state index in [9.17, 15) is 9.59 Å².